The highest BCUT2D eigenvalue weighted by atomic mass is 19.1. The maximum atomic E-state index is 13.5. The second-order valence-electron chi connectivity index (χ2n) is 4.69. The van der Waals surface area contributed by atoms with E-state index in [1.54, 1.807) is 13.0 Å². The van der Waals surface area contributed by atoms with Crippen LogP contribution in [0.1, 0.15) is 30.6 Å². The number of aryl methyl sites for hydroxylation is 1. The molecule has 1 aromatic carbocycles. The average molecular weight is 279 g/mol. The van der Waals surface area contributed by atoms with Crippen LogP contribution in [0.25, 0.3) is 0 Å². The van der Waals surface area contributed by atoms with E-state index in [9.17, 15) is 4.39 Å². The van der Waals surface area contributed by atoms with Gasteiger partial charge in [0.2, 0.25) is 11.7 Å². The minimum atomic E-state index is -0.343. The molecule has 2 N–H and O–H groups in total. The highest BCUT2D eigenvalue weighted by Crippen LogP contribution is 2.19. The van der Waals surface area contributed by atoms with Crippen molar-refractivity contribution < 1.29 is 13.7 Å². The zero-order chi connectivity index (χ0) is 14.5. The number of nitrogens with zero attached hydrogens (tertiary/aromatic N) is 2. The Morgan fingerprint density at radius 3 is 2.85 bits per heavy atom. The molecule has 0 bridgehead atoms. The summed E-state index contributed by atoms with van der Waals surface area (Å²) in [5, 5.41) is 3.71. The van der Waals surface area contributed by atoms with E-state index >= 15 is 0 Å². The first-order valence-corrected chi connectivity index (χ1v) is 6.54. The molecule has 1 atom stereocenters. The second-order valence-corrected chi connectivity index (χ2v) is 4.69. The number of hydrogen-bond acceptors (Lipinski definition) is 5. The van der Waals surface area contributed by atoms with Crippen LogP contribution in [0.15, 0.2) is 22.7 Å². The lowest BCUT2D eigenvalue weighted by atomic mass is 10.0. The Labute approximate surface area is 116 Å². The van der Waals surface area contributed by atoms with Gasteiger partial charge in [-0.05, 0) is 30.5 Å². The number of benzene rings is 1. The van der Waals surface area contributed by atoms with Gasteiger partial charge in [-0.15, -0.1) is 0 Å². The van der Waals surface area contributed by atoms with Crippen molar-refractivity contribution in [1.29, 1.82) is 0 Å². The lowest BCUT2D eigenvalue weighted by Crippen LogP contribution is -2.21. The Hall–Kier alpha value is -1.95. The van der Waals surface area contributed by atoms with Crippen molar-refractivity contribution in [2.75, 3.05) is 0 Å². The number of hydrogen-bond donors (Lipinski definition) is 1. The van der Waals surface area contributed by atoms with Gasteiger partial charge in [0.1, 0.15) is 11.6 Å². The summed E-state index contributed by atoms with van der Waals surface area (Å²) in [6, 6.07) is 4.60. The Morgan fingerprint density at radius 1 is 1.40 bits per heavy atom. The maximum Gasteiger partial charge on any atom is 0.223 e. The summed E-state index contributed by atoms with van der Waals surface area (Å²) in [5.41, 5.74) is 6.70. The Morgan fingerprint density at radius 2 is 2.20 bits per heavy atom. The van der Waals surface area contributed by atoms with E-state index in [0.29, 0.717) is 23.9 Å². The van der Waals surface area contributed by atoms with E-state index in [1.165, 1.54) is 12.1 Å². The molecule has 5 nitrogen and oxygen atoms in total. The van der Waals surface area contributed by atoms with Gasteiger partial charge in [0.15, 0.2) is 6.61 Å². The minimum absolute atomic E-state index is 0.0181. The zero-order valence-electron chi connectivity index (χ0n) is 11.6. The van der Waals surface area contributed by atoms with Crippen LogP contribution < -0.4 is 10.5 Å². The molecule has 0 aliphatic rings. The van der Waals surface area contributed by atoms with Crippen LogP contribution in [0.2, 0.25) is 0 Å². The fraction of sp³-hybridized carbons (Fsp3) is 0.429. The normalized spacial score (nSPS) is 12.4. The van der Waals surface area contributed by atoms with Crippen molar-refractivity contribution in [1.82, 2.24) is 10.1 Å². The lowest BCUT2D eigenvalue weighted by molar-refractivity contribution is 0.284. The van der Waals surface area contributed by atoms with Crippen LogP contribution in [-0.4, -0.2) is 16.2 Å². The van der Waals surface area contributed by atoms with Crippen molar-refractivity contribution in [2.45, 2.75) is 39.3 Å². The standard InChI is InChI=1S/C14H18FN3O2/c1-3-12(16)5-10-4-11(15)7-13(6-10)19-8-14-17-9(2)20-18-14/h4,6-7,12H,3,5,8,16H2,1-2H3. The van der Waals surface area contributed by atoms with Crippen LogP contribution in [0.5, 0.6) is 5.75 Å². The molecule has 1 heterocycles. The number of nitrogens with two attached hydrogens (primary N) is 1. The van der Waals surface area contributed by atoms with E-state index in [1.807, 2.05) is 6.92 Å². The number of halogens is 1. The van der Waals surface area contributed by atoms with Gasteiger partial charge in [-0.2, -0.15) is 4.98 Å². The summed E-state index contributed by atoms with van der Waals surface area (Å²) >= 11 is 0. The molecule has 0 amide bonds. The first-order chi connectivity index (χ1) is 9.56. The molecule has 6 heteroatoms. The quantitative estimate of drug-likeness (QED) is 0.878. The first kappa shape index (κ1) is 14.5. The predicted molar refractivity (Wildman–Crippen MR) is 71.7 cm³/mol. The van der Waals surface area contributed by atoms with E-state index in [0.717, 1.165) is 12.0 Å². The van der Waals surface area contributed by atoms with Gasteiger partial charge >= 0.3 is 0 Å². The Balaban J connectivity index is 2.03. The molecule has 20 heavy (non-hydrogen) atoms. The lowest BCUT2D eigenvalue weighted by Gasteiger charge is -2.11. The van der Waals surface area contributed by atoms with Crippen molar-refractivity contribution in [2.24, 2.45) is 5.73 Å². The summed E-state index contributed by atoms with van der Waals surface area (Å²) in [7, 11) is 0. The van der Waals surface area contributed by atoms with Crippen LogP contribution >= 0.6 is 0 Å². The molecule has 1 unspecified atom stereocenters. The fourth-order valence-corrected chi connectivity index (χ4v) is 1.82. The van der Waals surface area contributed by atoms with E-state index < -0.39 is 0 Å². The molecule has 0 fully saturated rings. The van der Waals surface area contributed by atoms with Gasteiger partial charge in [0.25, 0.3) is 0 Å². The first-order valence-electron chi connectivity index (χ1n) is 6.54. The summed E-state index contributed by atoms with van der Waals surface area (Å²) in [5.74, 6) is 0.992. The summed E-state index contributed by atoms with van der Waals surface area (Å²) in [6.45, 7) is 3.84. The SMILES string of the molecule is CCC(N)Cc1cc(F)cc(OCc2noc(C)n2)c1. The molecule has 2 aromatic rings. The molecule has 0 saturated carbocycles. The van der Waals surface area contributed by atoms with Gasteiger partial charge in [0.05, 0.1) is 0 Å². The van der Waals surface area contributed by atoms with Crippen LogP contribution in [-0.2, 0) is 13.0 Å². The second kappa shape index (κ2) is 6.47. The summed E-state index contributed by atoms with van der Waals surface area (Å²) in [6.07, 6.45) is 1.46. The van der Waals surface area contributed by atoms with Crippen molar-refractivity contribution in [3.8, 4) is 5.75 Å². The van der Waals surface area contributed by atoms with Crippen LogP contribution in [0.4, 0.5) is 4.39 Å². The highest BCUT2D eigenvalue weighted by molar-refractivity contribution is 5.30. The van der Waals surface area contributed by atoms with Gasteiger partial charge in [0, 0.05) is 19.0 Å². The number of ether oxygens (including phenoxy) is 1. The molecular formula is C14H18FN3O2. The van der Waals surface area contributed by atoms with Gasteiger partial charge in [-0.1, -0.05) is 12.1 Å². The fourth-order valence-electron chi connectivity index (χ4n) is 1.82. The molecule has 1 aromatic heterocycles. The Bertz CT molecular complexity index is 571. The monoisotopic (exact) mass is 279 g/mol. The van der Waals surface area contributed by atoms with Crippen molar-refractivity contribution in [3.63, 3.8) is 0 Å². The Kier molecular flexibility index (Phi) is 4.68. The summed E-state index contributed by atoms with van der Waals surface area (Å²) in [4.78, 5) is 4.02. The van der Waals surface area contributed by atoms with E-state index in [-0.39, 0.29) is 18.5 Å². The molecule has 0 aliphatic carbocycles. The minimum Gasteiger partial charge on any atom is -0.485 e. The molecule has 0 radical (unpaired) electrons. The van der Waals surface area contributed by atoms with E-state index in [2.05, 4.69) is 10.1 Å². The van der Waals surface area contributed by atoms with Crippen LogP contribution in [0.3, 0.4) is 0 Å². The predicted octanol–water partition coefficient (Wildman–Crippen LogP) is 2.38. The maximum absolute atomic E-state index is 13.5. The molecule has 0 aliphatic heterocycles. The van der Waals surface area contributed by atoms with Crippen molar-refractivity contribution >= 4 is 0 Å². The van der Waals surface area contributed by atoms with Crippen molar-refractivity contribution in [3.05, 3.63) is 41.3 Å². The van der Waals surface area contributed by atoms with E-state index in [4.69, 9.17) is 15.0 Å². The molecule has 0 saturated heterocycles. The number of rotatable bonds is 6. The van der Waals surface area contributed by atoms with Gasteiger partial charge in [-0.25, -0.2) is 4.39 Å². The number of aromatic nitrogens is 2. The summed E-state index contributed by atoms with van der Waals surface area (Å²) < 4.78 is 23.9. The third-order valence-electron chi connectivity index (χ3n) is 2.89. The van der Waals surface area contributed by atoms with Crippen LogP contribution in [0, 0.1) is 12.7 Å². The molecule has 0 spiro atoms. The topological polar surface area (TPSA) is 74.2 Å². The van der Waals surface area contributed by atoms with Gasteiger partial charge < -0.3 is 15.0 Å². The largest absolute Gasteiger partial charge is 0.485 e. The molecule has 2 rings (SSSR count). The smallest absolute Gasteiger partial charge is 0.223 e. The third kappa shape index (κ3) is 4.03. The zero-order valence-corrected chi connectivity index (χ0v) is 11.6. The van der Waals surface area contributed by atoms with Gasteiger partial charge in [-0.3, -0.25) is 0 Å². The average Bonchev–Trinajstić information content (AvgIpc) is 2.81. The molecule has 108 valence electrons. The molecular weight excluding hydrogens is 261 g/mol. The highest BCUT2D eigenvalue weighted by Gasteiger charge is 2.08. The third-order valence-corrected chi connectivity index (χ3v) is 2.89.